The second-order valence-corrected chi connectivity index (χ2v) is 17.4. The van der Waals surface area contributed by atoms with Gasteiger partial charge in [-0.25, -0.2) is 9.97 Å². The van der Waals surface area contributed by atoms with Gasteiger partial charge in [-0.1, -0.05) is 54.6 Å². The minimum atomic E-state index is -0.768. The molecule has 2 fully saturated rings. The van der Waals surface area contributed by atoms with E-state index in [4.69, 9.17) is 18.9 Å². The molecule has 18 heteroatoms. The normalized spacial score (nSPS) is 18.7. The third-order valence-electron chi connectivity index (χ3n) is 11.8. The van der Waals surface area contributed by atoms with Crippen molar-refractivity contribution in [2.75, 3.05) is 6.61 Å². The summed E-state index contributed by atoms with van der Waals surface area (Å²) < 4.78 is 26.2. The fourth-order valence-electron chi connectivity index (χ4n) is 8.08. The molecular formula is C48H60N8O10. The average molecular weight is 909 g/mol. The van der Waals surface area contributed by atoms with Gasteiger partial charge in [0.1, 0.15) is 29.0 Å². The minimum absolute atomic E-state index is 0.00758. The molecule has 0 unspecified atom stereocenters. The van der Waals surface area contributed by atoms with Crippen LogP contribution in [0.2, 0.25) is 0 Å². The van der Waals surface area contributed by atoms with Crippen LogP contribution in [0, 0.1) is 31.6 Å². The summed E-state index contributed by atoms with van der Waals surface area (Å²) in [5.41, 5.74) is 5.71. The van der Waals surface area contributed by atoms with Crippen molar-refractivity contribution < 1.29 is 48.3 Å². The van der Waals surface area contributed by atoms with Gasteiger partial charge in [0.2, 0.25) is 0 Å². The van der Waals surface area contributed by atoms with Crippen molar-refractivity contribution in [3.05, 3.63) is 82.9 Å². The highest BCUT2D eigenvalue weighted by Crippen LogP contribution is 2.33. The predicted molar refractivity (Wildman–Crippen MR) is 240 cm³/mol. The average Bonchev–Trinajstić information content (AvgIpc) is 3.84. The van der Waals surface area contributed by atoms with Gasteiger partial charge in [0.25, 0.3) is 0 Å². The molecule has 2 aliphatic carbocycles. The Bertz CT molecular complexity index is 2470. The third kappa shape index (κ3) is 13.0. The topological polar surface area (TPSA) is 233 Å². The van der Waals surface area contributed by atoms with E-state index in [2.05, 4.69) is 30.6 Å². The summed E-state index contributed by atoms with van der Waals surface area (Å²) in [5.74, 6) is -1.46. The second kappa shape index (κ2) is 22.5. The fourth-order valence-corrected chi connectivity index (χ4v) is 8.08. The predicted octanol–water partition coefficient (Wildman–Crippen LogP) is 7.00. The molecule has 7 rings (SSSR count). The van der Waals surface area contributed by atoms with Gasteiger partial charge >= 0.3 is 23.9 Å². The maximum Gasteiger partial charge on any atom is 0.312 e. The summed E-state index contributed by atoms with van der Waals surface area (Å²) >= 11 is 0. The maximum absolute atomic E-state index is 12.7. The zero-order valence-electron chi connectivity index (χ0n) is 38.7. The van der Waals surface area contributed by atoms with Crippen LogP contribution in [-0.4, -0.2) is 92.9 Å². The molecule has 2 aliphatic rings. The Morgan fingerprint density at radius 1 is 0.667 bits per heavy atom. The molecule has 0 spiro atoms. The quantitative estimate of drug-likeness (QED) is 0.0948. The second-order valence-electron chi connectivity index (χ2n) is 17.4. The number of aliphatic carboxylic acids is 2. The lowest BCUT2D eigenvalue weighted by atomic mass is 9.87. The van der Waals surface area contributed by atoms with E-state index in [0.29, 0.717) is 89.3 Å². The molecule has 0 amide bonds. The highest BCUT2D eigenvalue weighted by molar-refractivity contribution is 5.76. The highest BCUT2D eigenvalue weighted by Gasteiger charge is 2.30. The van der Waals surface area contributed by atoms with Crippen LogP contribution in [0.5, 0.6) is 11.5 Å². The minimum Gasteiger partial charge on any atom is -0.489 e. The summed E-state index contributed by atoms with van der Waals surface area (Å²) in [6.45, 7) is 9.84. The molecule has 0 radical (unpaired) electrons. The van der Waals surface area contributed by atoms with Crippen LogP contribution in [0.1, 0.15) is 107 Å². The molecule has 18 nitrogen and oxygen atoms in total. The summed E-state index contributed by atoms with van der Waals surface area (Å²) in [6.07, 6.45) is 5.11. The molecule has 0 aliphatic heterocycles. The molecule has 66 heavy (non-hydrogen) atoms. The van der Waals surface area contributed by atoms with Crippen molar-refractivity contribution in [2.45, 2.75) is 117 Å². The largest absolute Gasteiger partial charge is 0.489 e. The number of aryl methyl sites for hydroxylation is 4. The first-order valence-electron chi connectivity index (χ1n) is 22.5. The zero-order valence-corrected chi connectivity index (χ0v) is 38.7. The maximum atomic E-state index is 12.7. The van der Waals surface area contributed by atoms with Crippen LogP contribution in [0.25, 0.3) is 22.8 Å². The monoisotopic (exact) mass is 908 g/mol. The number of carboxylic acid groups (broad SMARTS) is 2. The number of benzene rings is 1. The molecule has 0 saturated heterocycles. The number of esters is 2. The highest BCUT2D eigenvalue weighted by atomic mass is 16.5. The van der Waals surface area contributed by atoms with E-state index in [0.717, 1.165) is 31.2 Å². The number of carbonyl (C=O) groups is 4. The van der Waals surface area contributed by atoms with Gasteiger partial charge in [0, 0.05) is 14.1 Å². The van der Waals surface area contributed by atoms with Crippen LogP contribution in [0.15, 0.2) is 54.6 Å². The van der Waals surface area contributed by atoms with Crippen molar-refractivity contribution in [2.24, 2.45) is 31.8 Å². The Balaban J connectivity index is 0.000000220. The van der Waals surface area contributed by atoms with Gasteiger partial charge in [0.05, 0.1) is 77.7 Å². The summed E-state index contributed by atoms with van der Waals surface area (Å²) in [4.78, 5) is 56.8. The smallest absolute Gasteiger partial charge is 0.312 e. The molecule has 4 aromatic heterocycles. The van der Waals surface area contributed by atoms with Crippen molar-refractivity contribution in [1.29, 1.82) is 0 Å². The number of hydrogen-bond acceptors (Lipinski definition) is 14. The van der Waals surface area contributed by atoms with E-state index < -0.39 is 11.9 Å². The van der Waals surface area contributed by atoms with E-state index in [1.165, 1.54) is 0 Å². The molecule has 5 atom stereocenters. The van der Waals surface area contributed by atoms with E-state index in [1.807, 2.05) is 77.1 Å². The first-order chi connectivity index (χ1) is 31.6. The Labute approximate surface area is 384 Å². The van der Waals surface area contributed by atoms with Gasteiger partial charge in [-0.3, -0.25) is 28.5 Å². The summed E-state index contributed by atoms with van der Waals surface area (Å²) in [6, 6.07) is 16.8. The van der Waals surface area contributed by atoms with Crippen molar-refractivity contribution >= 4 is 23.9 Å². The van der Waals surface area contributed by atoms with Gasteiger partial charge in [-0.05, 0) is 108 Å². The van der Waals surface area contributed by atoms with Crippen LogP contribution < -0.4 is 9.47 Å². The Hall–Kier alpha value is -6.72. The molecule has 2 saturated carbocycles. The van der Waals surface area contributed by atoms with Crippen molar-refractivity contribution in [3.63, 3.8) is 0 Å². The molecule has 0 bridgehead atoms. The lowest BCUT2D eigenvalue weighted by Crippen LogP contribution is -2.29. The zero-order chi connectivity index (χ0) is 47.5. The van der Waals surface area contributed by atoms with E-state index in [-0.39, 0.29) is 60.8 Å². The third-order valence-corrected chi connectivity index (χ3v) is 11.8. The molecule has 5 aromatic rings. The molecule has 4 heterocycles. The van der Waals surface area contributed by atoms with Crippen molar-refractivity contribution in [3.8, 4) is 34.3 Å². The van der Waals surface area contributed by atoms with Gasteiger partial charge in [-0.2, -0.15) is 0 Å². The summed E-state index contributed by atoms with van der Waals surface area (Å²) in [5, 5.41) is 35.1. The van der Waals surface area contributed by atoms with Gasteiger partial charge < -0.3 is 29.2 Å². The molecule has 2 N–H and O–H groups in total. The Morgan fingerprint density at radius 3 is 1.58 bits per heavy atom. The Morgan fingerprint density at radius 2 is 1.14 bits per heavy atom. The van der Waals surface area contributed by atoms with Gasteiger partial charge in [-0.15, -0.1) is 10.2 Å². The van der Waals surface area contributed by atoms with Gasteiger partial charge in [0.15, 0.2) is 0 Å². The van der Waals surface area contributed by atoms with E-state index in [9.17, 15) is 29.4 Å². The van der Waals surface area contributed by atoms with Crippen LogP contribution in [0.3, 0.4) is 0 Å². The Kier molecular flexibility index (Phi) is 16.6. The van der Waals surface area contributed by atoms with Crippen LogP contribution >= 0.6 is 0 Å². The number of hydrogen-bond donors (Lipinski definition) is 2. The first-order valence-corrected chi connectivity index (χ1v) is 22.5. The number of pyridine rings is 2. The van der Waals surface area contributed by atoms with E-state index >= 15 is 0 Å². The standard InChI is InChI=1S/C26H30N4O5.C22H30N4O5/c1-16-23(35-20-11-7-10-19(14-20)26(32)33)13-12-21(27-16)25-22(30(3)29-28-25)15-24(31)34-17(2)18-8-5-4-6-9-18;1-13(2)12-30-20(27)11-18-21(24-25-26(18)4)17-8-9-19(14(3)23-17)31-16-7-5-6-15(10-16)22(28)29/h4-6,8-9,12-13,17,19-20H,7,10-11,14-15H2,1-3H3,(H,32,33);8-9,13,15-16H,5-7,10-12H2,1-4H3,(H,28,29)/t17-,19+,20+;15-,16-/m10/s1. The van der Waals surface area contributed by atoms with Crippen molar-refractivity contribution in [1.82, 2.24) is 40.0 Å². The van der Waals surface area contributed by atoms with E-state index in [1.54, 1.807) is 35.6 Å². The number of aromatic nitrogens is 8. The number of carbonyl (C=O) groups excluding carboxylic acids is 2. The first kappa shape index (κ1) is 48.7. The van der Waals surface area contributed by atoms with Crippen LogP contribution in [-0.2, 0) is 55.6 Å². The lowest BCUT2D eigenvalue weighted by molar-refractivity contribution is -0.148. The fraction of sp³-hybridized carbons (Fsp3) is 0.500. The lowest BCUT2D eigenvalue weighted by Gasteiger charge is -2.27. The molecule has 1 aromatic carbocycles. The van der Waals surface area contributed by atoms with Crippen LogP contribution in [0.4, 0.5) is 0 Å². The number of ether oxygens (including phenoxy) is 4. The number of carboxylic acids is 2. The summed E-state index contributed by atoms with van der Waals surface area (Å²) in [7, 11) is 3.46. The number of rotatable bonds is 16. The number of nitrogens with zero attached hydrogens (tertiary/aromatic N) is 8. The molecular weight excluding hydrogens is 849 g/mol. The SMILES string of the molecule is Cc1nc(-c2nnn(C)c2CC(=O)OCC(C)C)ccc1O[C@H]1CCC[C@H](C(=O)O)C1.Cc1nc(-c2nnn(C)c2CC(=O)O[C@H](C)c2ccccc2)ccc1O[C@H]1CCC[C@H](C(=O)O)C1. The molecule has 352 valence electrons.